The Morgan fingerprint density at radius 1 is 1.45 bits per heavy atom. The number of hydrogen-bond donors (Lipinski definition) is 2. The average molecular weight is 324 g/mol. The molecule has 0 aromatic carbocycles. The first-order chi connectivity index (χ1) is 10.5. The minimum atomic E-state index is -0.956. The number of amides is 2. The smallest absolute Gasteiger partial charge is 0.326 e. The van der Waals surface area contributed by atoms with E-state index < -0.39 is 12.0 Å². The van der Waals surface area contributed by atoms with Gasteiger partial charge in [0.1, 0.15) is 6.04 Å². The number of thiophene rings is 1. The predicted octanol–water partition coefficient (Wildman–Crippen LogP) is 1.58. The highest BCUT2D eigenvalue weighted by Crippen LogP contribution is 2.23. The molecular weight excluding hydrogens is 304 g/mol. The zero-order chi connectivity index (χ0) is 16.1. The van der Waals surface area contributed by atoms with Gasteiger partial charge in [-0.1, -0.05) is 6.92 Å². The normalized spacial score (nSPS) is 21.4. The fourth-order valence-corrected chi connectivity index (χ4v) is 3.23. The van der Waals surface area contributed by atoms with Crippen LogP contribution >= 0.6 is 11.3 Å². The number of likely N-dealkylation sites (tertiary alicyclic amines) is 1. The molecule has 2 N–H and O–H groups in total. The molecule has 0 bridgehead atoms. The molecule has 1 saturated heterocycles. The molecule has 2 atom stereocenters. The summed E-state index contributed by atoms with van der Waals surface area (Å²) in [5, 5.41) is 15.5. The van der Waals surface area contributed by atoms with Crippen LogP contribution in [0.3, 0.4) is 0 Å². The molecule has 1 aliphatic rings. The van der Waals surface area contributed by atoms with Crippen LogP contribution in [0.1, 0.15) is 36.5 Å². The van der Waals surface area contributed by atoms with Gasteiger partial charge in [0.25, 0.3) is 5.91 Å². The van der Waals surface area contributed by atoms with Gasteiger partial charge in [0.2, 0.25) is 5.91 Å². The molecule has 7 heteroatoms. The Kier molecular flexibility index (Phi) is 5.54. The van der Waals surface area contributed by atoms with E-state index >= 15 is 0 Å². The molecule has 0 saturated carbocycles. The largest absolute Gasteiger partial charge is 0.480 e. The number of hydrogen-bond acceptors (Lipinski definition) is 4. The Balaban J connectivity index is 1.83. The number of rotatable bonds is 5. The summed E-state index contributed by atoms with van der Waals surface area (Å²) in [7, 11) is 0. The summed E-state index contributed by atoms with van der Waals surface area (Å²) in [4.78, 5) is 36.7. The molecule has 1 aromatic heterocycles. The second-order valence-electron chi connectivity index (χ2n) is 5.59. The zero-order valence-electron chi connectivity index (χ0n) is 12.4. The number of carboxylic acid groups (broad SMARTS) is 1. The number of carbonyl (C=O) groups is 3. The van der Waals surface area contributed by atoms with Gasteiger partial charge in [0.05, 0.1) is 0 Å². The first-order valence-electron chi connectivity index (χ1n) is 7.31. The molecule has 1 fully saturated rings. The van der Waals surface area contributed by atoms with Gasteiger partial charge in [-0.15, -0.1) is 0 Å². The molecule has 0 radical (unpaired) electrons. The Bertz CT molecular complexity index is 544. The van der Waals surface area contributed by atoms with Crippen LogP contribution in [0.25, 0.3) is 0 Å². The van der Waals surface area contributed by atoms with Gasteiger partial charge >= 0.3 is 5.97 Å². The average Bonchev–Trinajstić information content (AvgIpc) is 3.01. The Morgan fingerprint density at radius 2 is 2.23 bits per heavy atom. The van der Waals surface area contributed by atoms with E-state index in [1.165, 1.54) is 16.2 Å². The van der Waals surface area contributed by atoms with E-state index in [0.29, 0.717) is 24.4 Å². The summed E-state index contributed by atoms with van der Waals surface area (Å²) >= 11 is 1.43. The molecule has 1 aliphatic heterocycles. The molecule has 22 heavy (non-hydrogen) atoms. The lowest BCUT2D eigenvalue weighted by molar-refractivity contribution is -0.153. The van der Waals surface area contributed by atoms with Gasteiger partial charge in [-0.3, -0.25) is 9.59 Å². The molecule has 0 spiro atoms. The monoisotopic (exact) mass is 324 g/mol. The van der Waals surface area contributed by atoms with Crippen molar-refractivity contribution >= 4 is 29.1 Å². The van der Waals surface area contributed by atoms with Crippen molar-refractivity contribution < 1.29 is 19.5 Å². The minimum Gasteiger partial charge on any atom is -0.480 e. The van der Waals surface area contributed by atoms with Crippen LogP contribution in [0.4, 0.5) is 0 Å². The van der Waals surface area contributed by atoms with Crippen molar-refractivity contribution in [3.05, 3.63) is 22.4 Å². The summed E-state index contributed by atoms with van der Waals surface area (Å²) in [5.74, 6) is -1.08. The van der Waals surface area contributed by atoms with Crippen LogP contribution in [0, 0.1) is 5.92 Å². The van der Waals surface area contributed by atoms with Gasteiger partial charge in [0, 0.05) is 30.5 Å². The zero-order valence-corrected chi connectivity index (χ0v) is 13.3. The van der Waals surface area contributed by atoms with Crippen molar-refractivity contribution in [1.29, 1.82) is 0 Å². The summed E-state index contributed by atoms with van der Waals surface area (Å²) in [6, 6.07) is 0.970. The molecule has 2 amide bonds. The number of carbonyl (C=O) groups excluding carboxylic acids is 2. The molecule has 6 nitrogen and oxygen atoms in total. The number of piperidine rings is 1. The van der Waals surface area contributed by atoms with E-state index in [4.69, 9.17) is 0 Å². The van der Waals surface area contributed by atoms with Crippen LogP contribution < -0.4 is 5.32 Å². The molecule has 0 aliphatic carbocycles. The molecule has 2 rings (SSSR count). The summed E-state index contributed by atoms with van der Waals surface area (Å²) in [5.41, 5.74) is 0.577. The molecule has 1 aromatic rings. The second-order valence-corrected chi connectivity index (χ2v) is 6.37. The molecular formula is C15H20N2O4S. The SMILES string of the molecule is CC1CCN(C(=O)CCNC(=O)c2ccsc2)C(C(=O)O)C1. The van der Waals surface area contributed by atoms with Crippen molar-refractivity contribution in [2.75, 3.05) is 13.1 Å². The number of carboxylic acids is 1. The van der Waals surface area contributed by atoms with Crippen LogP contribution in [-0.4, -0.2) is 46.9 Å². The van der Waals surface area contributed by atoms with Crippen LogP contribution in [0.2, 0.25) is 0 Å². The van der Waals surface area contributed by atoms with E-state index in [-0.39, 0.29) is 24.8 Å². The van der Waals surface area contributed by atoms with Crippen molar-refractivity contribution in [2.45, 2.75) is 32.2 Å². The Hall–Kier alpha value is -1.89. The lowest BCUT2D eigenvalue weighted by atomic mass is 9.92. The van der Waals surface area contributed by atoms with Crippen molar-refractivity contribution in [2.24, 2.45) is 5.92 Å². The van der Waals surface area contributed by atoms with Crippen molar-refractivity contribution in [1.82, 2.24) is 10.2 Å². The predicted molar refractivity (Wildman–Crippen MR) is 82.8 cm³/mol. The van der Waals surface area contributed by atoms with Gasteiger partial charge in [-0.25, -0.2) is 4.79 Å². The summed E-state index contributed by atoms with van der Waals surface area (Å²) < 4.78 is 0. The maximum atomic E-state index is 12.2. The quantitative estimate of drug-likeness (QED) is 0.861. The molecule has 2 heterocycles. The van der Waals surface area contributed by atoms with Gasteiger partial charge in [0.15, 0.2) is 0 Å². The molecule has 120 valence electrons. The first-order valence-corrected chi connectivity index (χ1v) is 8.26. The molecule has 2 unspecified atom stereocenters. The Morgan fingerprint density at radius 3 is 2.86 bits per heavy atom. The van der Waals surface area contributed by atoms with Crippen molar-refractivity contribution in [3.8, 4) is 0 Å². The van der Waals surface area contributed by atoms with Crippen LogP contribution in [-0.2, 0) is 9.59 Å². The minimum absolute atomic E-state index is 0.119. The van der Waals surface area contributed by atoms with E-state index in [1.54, 1.807) is 11.4 Å². The van der Waals surface area contributed by atoms with Gasteiger partial charge in [-0.2, -0.15) is 11.3 Å². The highest BCUT2D eigenvalue weighted by molar-refractivity contribution is 7.08. The van der Waals surface area contributed by atoms with E-state index in [9.17, 15) is 19.5 Å². The number of nitrogens with one attached hydrogen (secondary N) is 1. The third kappa shape index (κ3) is 4.07. The van der Waals surface area contributed by atoms with Crippen LogP contribution in [0.5, 0.6) is 0 Å². The second kappa shape index (κ2) is 7.40. The van der Waals surface area contributed by atoms with Crippen molar-refractivity contribution in [3.63, 3.8) is 0 Å². The first kappa shape index (κ1) is 16.5. The maximum absolute atomic E-state index is 12.2. The summed E-state index contributed by atoms with van der Waals surface area (Å²) in [6.07, 6.45) is 1.42. The highest BCUT2D eigenvalue weighted by Gasteiger charge is 2.34. The van der Waals surface area contributed by atoms with E-state index in [1.807, 2.05) is 12.3 Å². The van der Waals surface area contributed by atoms with E-state index in [2.05, 4.69) is 5.32 Å². The number of nitrogens with zero attached hydrogens (tertiary/aromatic N) is 1. The Labute approximate surface area is 133 Å². The topological polar surface area (TPSA) is 86.7 Å². The van der Waals surface area contributed by atoms with Crippen LogP contribution in [0.15, 0.2) is 16.8 Å². The fraction of sp³-hybridized carbons (Fsp3) is 0.533. The number of aliphatic carboxylic acids is 1. The lowest BCUT2D eigenvalue weighted by Gasteiger charge is -2.36. The fourth-order valence-electron chi connectivity index (χ4n) is 2.60. The standard InChI is InChI=1S/C15H20N2O4S/c1-10-3-6-17(12(8-10)15(20)21)13(18)2-5-16-14(19)11-4-7-22-9-11/h4,7,9-10,12H,2-3,5-6,8H2,1H3,(H,16,19)(H,20,21). The van der Waals surface area contributed by atoms with Gasteiger partial charge < -0.3 is 15.3 Å². The third-order valence-electron chi connectivity index (χ3n) is 3.88. The third-order valence-corrected chi connectivity index (χ3v) is 4.56. The van der Waals surface area contributed by atoms with E-state index in [0.717, 1.165) is 6.42 Å². The summed E-state index contributed by atoms with van der Waals surface area (Å²) in [6.45, 7) is 2.68. The van der Waals surface area contributed by atoms with Gasteiger partial charge in [-0.05, 0) is 30.2 Å². The lowest BCUT2D eigenvalue weighted by Crippen LogP contribution is -2.50. The highest BCUT2D eigenvalue weighted by atomic mass is 32.1. The maximum Gasteiger partial charge on any atom is 0.326 e.